The summed E-state index contributed by atoms with van der Waals surface area (Å²) in [7, 11) is 2.10. The lowest BCUT2D eigenvalue weighted by Gasteiger charge is -2.18. The van der Waals surface area contributed by atoms with Crippen LogP contribution in [0.15, 0.2) is 22.8 Å². The van der Waals surface area contributed by atoms with E-state index in [1.807, 2.05) is 17.8 Å². The quantitative estimate of drug-likeness (QED) is 0.771. The van der Waals surface area contributed by atoms with Gasteiger partial charge in [-0.2, -0.15) is 11.8 Å². The van der Waals surface area contributed by atoms with Crippen molar-refractivity contribution in [2.75, 3.05) is 12.8 Å². The molecule has 1 N–H and O–H groups in total. The highest BCUT2D eigenvalue weighted by atomic mass is 32.2. The molecule has 2 rings (SSSR count). The second-order valence-corrected chi connectivity index (χ2v) is 5.61. The average molecular weight is 239 g/mol. The summed E-state index contributed by atoms with van der Waals surface area (Å²) in [6.45, 7) is 0. The molecular formula is C13H21NOS. The number of rotatable bonds is 6. The lowest BCUT2D eigenvalue weighted by molar-refractivity contribution is 0.417. The van der Waals surface area contributed by atoms with Crippen molar-refractivity contribution >= 4 is 11.8 Å². The fraction of sp³-hybridized carbons (Fsp3) is 0.692. The van der Waals surface area contributed by atoms with Crippen LogP contribution >= 0.6 is 11.8 Å². The minimum absolute atomic E-state index is 0.768. The summed E-state index contributed by atoms with van der Waals surface area (Å²) in [4.78, 5) is 0. The molecule has 2 atom stereocenters. The molecule has 1 aliphatic rings. The first-order valence-electron chi connectivity index (χ1n) is 6.17. The fourth-order valence-corrected chi connectivity index (χ4v) is 3.54. The maximum absolute atomic E-state index is 5.31. The molecule has 2 nitrogen and oxygen atoms in total. The van der Waals surface area contributed by atoms with Gasteiger partial charge in [0.25, 0.3) is 0 Å². The maximum Gasteiger partial charge on any atom is 0.113 e. The van der Waals surface area contributed by atoms with Gasteiger partial charge in [0.15, 0.2) is 0 Å². The highest BCUT2D eigenvalue weighted by molar-refractivity contribution is 7.98. The number of hydrogen-bond donors (Lipinski definition) is 1. The van der Waals surface area contributed by atoms with E-state index in [-0.39, 0.29) is 0 Å². The topological polar surface area (TPSA) is 25.2 Å². The first-order chi connectivity index (χ1) is 7.90. The van der Waals surface area contributed by atoms with Gasteiger partial charge in [-0.15, -0.1) is 0 Å². The molecule has 0 bridgehead atoms. The zero-order valence-electron chi connectivity index (χ0n) is 9.95. The smallest absolute Gasteiger partial charge is 0.113 e. The van der Waals surface area contributed by atoms with Crippen molar-refractivity contribution in [1.29, 1.82) is 0 Å². The van der Waals surface area contributed by atoms with Crippen LogP contribution in [0, 0.1) is 5.92 Å². The molecule has 0 aromatic carbocycles. The Labute approximate surface area is 102 Å². The summed E-state index contributed by atoms with van der Waals surface area (Å²) in [6, 6.07) is 4.78. The molecule has 1 aliphatic carbocycles. The zero-order valence-corrected chi connectivity index (χ0v) is 10.8. The van der Waals surface area contributed by atoms with Crippen LogP contribution in [-0.4, -0.2) is 18.8 Å². The number of thioether (sulfide) groups is 1. The predicted molar refractivity (Wildman–Crippen MR) is 69.7 cm³/mol. The van der Waals surface area contributed by atoms with Crippen molar-refractivity contribution in [3.05, 3.63) is 24.2 Å². The summed E-state index contributed by atoms with van der Waals surface area (Å²) in [5, 5.41) is 3.44. The van der Waals surface area contributed by atoms with Crippen molar-refractivity contribution in [1.82, 2.24) is 5.32 Å². The SMILES string of the molecule is CNC1CCCC1CCSCc1ccco1. The van der Waals surface area contributed by atoms with Crippen LogP contribution in [0.1, 0.15) is 31.4 Å². The van der Waals surface area contributed by atoms with Gasteiger partial charge in [-0.1, -0.05) is 6.42 Å². The largest absolute Gasteiger partial charge is 0.468 e. The monoisotopic (exact) mass is 239 g/mol. The Balaban J connectivity index is 1.61. The van der Waals surface area contributed by atoms with Gasteiger partial charge in [-0.05, 0) is 50.1 Å². The third kappa shape index (κ3) is 3.29. The Morgan fingerprint density at radius 3 is 3.19 bits per heavy atom. The van der Waals surface area contributed by atoms with Gasteiger partial charge >= 0.3 is 0 Å². The molecule has 1 heterocycles. The summed E-state index contributed by atoms with van der Waals surface area (Å²) in [5.41, 5.74) is 0. The molecule has 90 valence electrons. The van der Waals surface area contributed by atoms with Crippen LogP contribution in [0.4, 0.5) is 0 Å². The summed E-state index contributed by atoms with van der Waals surface area (Å²) < 4.78 is 5.31. The van der Waals surface area contributed by atoms with Crippen LogP contribution in [-0.2, 0) is 5.75 Å². The minimum Gasteiger partial charge on any atom is -0.468 e. The lowest BCUT2D eigenvalue weighted by atomic mass is 10.0. The van der Waals surface area contributed by atoms with E-state index in [4.69, 9.17) is 4.42 Å². The van der Waals surface area contributed by atoms with Gasteiger partial charge in [0.05, 0.1) is 12.0 Å². The molecule has 1 aromatic heterocycles. The van der Waals surface area contributed by atoms with E-state index >= 15 is 0 Å². The molecule has 0 radical (unpaired) electrons. The van der Waals surface area contributed by atoms with Crippen LogP contribution < -0.4 is 5.32 Å². The van der Waals surface area contributed by atoms with Gasteiger partial charge in [-0.3, -0.25) is 0 Å². The number of hydrogen-bond acceptors (Lipinski definition) is 3. The maximum atomic E-state index is 5.31. The Bertz CT molecular complexity index is 286. The molecule has 1 aromatic rings. The van der Waals surface area contributed by atoms with Crippen LogP contribution in [0.2, 0.25) is 0 Å². The van der Waals surface area contributed by atoms with Crippen molar-refractivity contribution in [3.63, 3.8) is 0 Å². The second-order valence-electron chi connectivity index (χ2n) is 4.51. The Hall–Kier alpha value is -0.410. The van der Waals surface area contributed by atoms with E-state index in [2.05, 4.69) is 18.4 Å². The van der Waals surface area contributed by atoms with E-state index in [0.717, 1.165) is 23.5 Å². The molecule has 0 aliphatic heterocycles. The van der Waals surface area contributed by atoms with Crippen LogP contribution in [0.5, 0.6) is 0 Å². The molecule has 1 fully saturated rings. The van der Waals surface area contributed by atoms with Crippen LogP contribution in [0.3, 0.4) is 0 Å². The standard InChI is InChI=1S/C13H21NOS/c1-14-13-6-2-4-11(13)7-9-16-10-12-5-3-8-15-12/h3,5,8,11,13-14H,2,4,6-7,9-10H2,1H3. The minimum atomic E-state index is 0.768. The molecule has 0 spiro atoms. The van der Waals surface area contributed by atoms with Gasteiger partial charge in [0, 0.05) is 6.04 Å². The third-order valence-electron chi connectivity index (χ3n) is 3.49. The molecule has 0 saturated heterocycles. The third-order valence-corrected chi connectivity index (χ3v) is 4.50. The lowest BCUT2D eigenvalue weighted by Crippen LogP contribution is -2.29. The van der Waals surface area contributed by atoms with Gasteiger partial charge in [0.2, 0.25) is 0 Å². The number of nitrogens with one attached hydrogen (secondary N) is 1. The van der Waals surface area contributed by atoms with Crippen molar-refractivity contribution in [2.45, 2.75) is 37.5 Å². The summed E-state index contributed by atoms with van der Waals surface area (Å²) in [5.74, 6) is 4.27. The molecule has 16 heavy (non-hydrogen) atoms. The van der Waals surface area contributed by atoms with E-state index in [9.17, 15) is 0 Å². The second kappa shape index (κ2) is 6.36. The summed E-state index contributed by atoms with van der Waals surface area (Å²) >= 11 is 1.99. The van der Waals surface area contributed by atoms with E-state index < -0.39 is 0 Å². The molecule has 1 saturated carbocycles. The molecule has 3 heteroatoms. The molecule has 0 amide bonds. The first-order valence-corrected chi connectivity index (χ1v) is 7.33. The van der Waals surface area contributed by atoms with Gasteiger partial charge < -0.3 is 9.73 Å². The Morgan fingerprint density at radius 2 is 2.44 bits per heavy atom. The van der Waals surface area contributed by atoms with Gasteiger partial charge in [-0.25, -0.2) is 0 Å². The summed E-state index contributed by atoms with van der Waals surface area (Å²) in [6.07, 6.45) is 7.27. The molecular weight excluding hydrogens is 218 g/mol. The first kappa shape index (κ1) is 12.1. The zero-order chi connectivity index (χ0) is 11.2. The van der Waals surface area contributed by atoms with Crippen molar-refractivity contribution < 1.29 is 4.42 Å². The number of furan rings is 1. The van der Waals surface area contributed by atoms with Crippen LogP contribution in [0.25, 0.3) is 0 Å². The van der Waals surface area contributed by atoms with Crippen molar-refractivity contribution in [2.24, 2.45) is 5.92 Å². The van der Waals surface area contributed by atoms with Crippen molar-refractivity contribution in [3.8, 4) is 0 Å². The van der Waals surface area contributed by atoms with E-state index in [1.165, 1.54) is 31.4 Å². The fourth-order valence-electron chi connectivity index (χ4n) is 2.56. The Kier molecular flexibility index (Phi) is 4.79. The van der Waals surface area contributed by atoms with Gasteiger partial charge in [0.1, 0.15) is 5.76 Å². The predicted octanol–water partition coefficient (Wildman–Crippen LogP) is 3.29. The van der Waals surface area contributed by atoms with E-state index in [0.29, 0.717) is 0 Å². The highest BCUT2D eigenvalue weighted by Crippen LogP contribution is 2.29. The highest BCUT2D eigenvalue weighted by Gasteiger charge is 2.24. The Morgan fingerprint density at radius 1 is 1.50 bits per heavy atom. The molecule has 2 unspecified atom stereocenters. The normalized spacial score (nSPS) is 25.1. The van der Waals surface area contributed by atoms with E-state index in [1.54, 1.807) is 6.26 Å². The average Bonchev–Trinajstić information content (AvgIpc) is 2.95.